The van der Waals surface area contributed by atoms with E-state index in [0.29, 0.717) is 22.1 Å². The molecule has 0 bridgehead atoms. The van der Waals surface area contributed by atoms with E-state index in [1.54, 1.807) is 0 Å². The van der Waals surface area contributed by atoms with Crippen molar-refractivity contribution in [1.82, 2.24) is 0 Å². The number of aryl methyl sites for hydroxylation is 6. The van der Waals surface area contributed by atoms with Crippen LogP contribution in [0, 0.1) is 13.8 Å². The minimum absolute atomic E-state index is 0.327. The molecule has 0 aliphatic carbocycles. The van der Waals surface area contributed by atoms with E-state index in [9.17, 15) is 9.59 Å². The van der Waals surface area contributed by atoms with Crippen molar-refractivity contribution in [3.05, 3.63) is 78.9 Å². The Bertz CT molecular complexity index is 1370. The first kappa shape index (κ1) is 25.1. The number of benzene rings is 2. The van der Waals surface area contributed by atoms with Gasteiger partial charge in [0.25, 0.3) is 0 Å². The van der Waals surface area contributed by atoms with E-state index in [4.69, 9.17) is 20.3 Å². The molecule has 180 valence electrons. The van der Waals surface area contributed by atoms with Gasteiger partial charge in [0, 0.05) is 24.2 Å². The summed E-state index contributed by atoms with van der Waals surface area (Å²) in [6, 6.07) is 7.65. The maximum Gasteiger partial charge on any atom is 0.345 e. The van der Waals surface area contributed by atoms with Gasteiger partial charge in [-0.3, -0.25) is 0 Å². The summed E-state index contributed by atoms with van der Waals surface area (Å²) >= 11 is 0. The molecule has 0 amide bonds. The summed E-state index contributed by atoms with van der Waals surface area (Å²) in [5.74, 6) is 1.55. The quantitative estimate of drug-likeness (QED) is 0.381. The van der Waals surface area contributed by atoms with Crippen LogP contribution in [0.15, 0.2) is 42.7 Å². The van der Waals surface area contributed by atoms with Crippen LogP contribution in [0.2, 0.25) is 0 Å². The largest absolute Gasteiger partial charge is 0.427 e. The molecule has 0 spiro atoms. The van der Waals surface area contributed by atoms with E-state index >= 15 is 0 Å². The molecule has 0 saturated carbocycles. The van der Waals surface area contributed by atoms with E-state index in [1.165, 1.54) is 0 Å². The maximum atomic E-state index is 11.9. The first-order chi connectivity index (χ1) is 16.2. The average Bonchev–Trinajstić information content (AvgIpc) is 2.77. The monoisotopic (exact) mass is 462 g/mol. The lowest BCUT2D eigenvalue weighted by molar-refractivity contribution is 0.465. The summed E-state index contributed by atoms with van der Waals surface area (Å²) in [6.45, 7) is 12.1. The van der Waals surface area contributed by atoms with Crippen molar-refractivity contribution in [2.45, 2.75) is 67.2 Å². The lowest BCUT2D eigenvalue weighted by Crippen LogP contribution is -2.08. The van der Waals surface area contributed by atoms with Crippen molar-refractivity contribution < 1.29 is 8.83 Å². The summed E-state index contributed by atoms with van der Waals surface area (Å²) in [7, 11) is 0. The molecule has 4 N–H and O–H groups in total. The molecule has 4 aromatic rings. The molecule has 6 nitrogen and oxygen atoms in total. The second-order valence-corrected chi connectivity index (χ2v) is 8.55. The normalized spacial score (nSPS) is 11.0. The van der Waals surface area contributed by atoms with Gasteiger partial charge in [-0.05, 0) is 71.8 Å². The highest BCUT2D eigenvalue weighted by molar-refractivity contribution is 5.95. The molecule has 4 rings (SSSR count). The van der Waals surface area contributed by atoms with E-state index in [0.717, 1.165) is 70.2 Å². The van der Waals surface area contributed by atoms with Crippen molar-refractivity contribution in [3.8, 4) is 0 Å². The van der Waals surface area contributed by atoms with E-state index < -0.39 is 0 Å². The number of hydrogen-bond donors (Lipinski definition) is 2. The summed E-state index contributed by atoms with van der Waals surface area (Å²) in [6.07, 6.45) is 3.13. The number of anilines is 2. The molecule has 0 aliphatic heterocycles. The number of hydrogen-bond acceptors (Lipinski definition) is 6. The van der Waals surface area contributed by atoms with Gasteiger partial charge in [-0.15, -0.1) is 0 Å². The molecule has 0 aliphatic rings. The molecule has 0 saturated heterocycles. The minimum Gasteiger partial charge on any atom is -0.427 e. The molecule has 0 fully saturated rings. The molecular weight excluding hydrogens is 428 g/mol. The third kappa shape index (κ3) is 4.58. The molecule has 0 radical (unpaired) electrons. The van der Waals surface area contributed by atoms with Crippen LogP contribution in [0.1, 0.15) is 61.5 Å². The Labute approximate surface area is 199 Å². The van der Waals surface area contributed by atoms with Crippen molar-refractivity contribution in [3.63, 3.8) is 0 Å². The second kappa shape index (κ2) is 10.2. The third-order valence-corrected chi connectivity index (χ3v) is 6.14. The van der Waals surface area contributed by atoms with E-state index in [1.807, 2.05) is 52.0 Å². The predicted molar refractivity (Wildman–Crippen MR) is 141 cm³/mol. The van der Waals surface area contributed by atoms with Crippen molar-refractivity contribution in [2.24, 2.45) is 0 Å². The van der Waals surface area contributed by atoms with Crippen LogP contribution in [-0.4, -0.2) is 0 Å². The highest BCUT2D eigenvalue weighted by Gasteiger charge is 2.15. The number of fused-ring (bicyclic) bond motifs is 2. The average molecular weight is 463 g/mol. The lowest BCUT2D eigenvalue weighted by atomic mass is 9.99. The fourth-order valence-corrected chi connectivity index (χ4v) is 4.66. The maximum absolute atomic E-state index is 11.9. The molecule has 2 heterocycles. The van der Waals surface area contributed by atoms with Gasteiger partial charge < -0.3 is 20.3 Å². The SMILES string of the molecule is CCc1oc(=O)c2c(N)cc(C)cc2c1CC.CCc1oc(=O)c2c(N)cc(C)cc2c1CC. The number of nitrogen functional groups attached to an aromatic ring is 2. The summed E-state index contributed by atoms with van der Waals surface area (Å²) in [4.78, 5) is 23.8. The molecular formula is C28H34N2O4. The molecule has 2 aromatic carbocycles. The van der Waals surface area contributed by atoms with Crippen LogP contribution in [0.25, 0.3) is 21.5 Å². The lowest BCUT2D eigenvalue weighted by Gasteiger charge is -2.10. The first-order valence-electron chi connectivity index (χ1n) is 11.9. The third-order valence-electron chi connectivity index (χ3n) is 6.14. The topological polar surface area (TPSA) is 112 Å². The van der Waals surface area contributed by atoms with Crippen molar-refractivity contribution in [1.29, 1.82) is 0 Å². The Kier molecular flexibility index (Phi) is 7.50. The summed E-state index contributed by atoms with van der Waals surface area (Å²) in [5.41, 5.74) is 16.5. The van der Waals surface area contributed by atoms with Crippen LogP contribution < -0.4 is 22.7 Å². The van der Waals surface area contributed by atoms with Crippen molar-refractivity contribution >= 4 is 32.9 Å². The van der Waals surface area contributed by atoms with Crippen LogP contribution >= 0.6 is 0 Å². The molecule has 2 aromatic heterocycles. The zero-order chi connectivity index (χ0) is 25.2. The Hall–Kier alpha value is -3.54. The van der Waals surface area contributed by atoms with Gasteiger partial charge in [0.1, 0.15) is 11.5 Å². The molecule has 0 atom stereocenters. The van der Waals surface area contributed by atoms with Crippen LogP contribution in [-0.2, 0) is 25.7 Å². The highest BCUT2D eigenvalue weighted by atomic mass is 16.4. The van der Waals surface area contributed by atoms with Gasteiger partial charge in [0.05, 0.1) is 10.8 Å². The fraction of sp³-hybridized carbons (Fsp3) is 0.357. The van der Waals surface area contributed by atoms with Crippen LogP contribution in [0.4, 0.5) is 11.4 Å². The standard InChI is InChI=1S/2C14H17NO2/c2*1-4-9-10-6-8(3)7-11(15)13(10)14(16)17-12(9)5-2/h2*6-7H,4-5,15H2,1-3H3. The smallest absolute Gasteiger partial charge is 0.345 e. The minimum atomic E-state index is -0.327. The van der Waals surface area contributed by atoms with Gasteiger partial charge in [-0.1, -0.05) is 39.8 Å². The second-order valence-electron chi connectivity index (χ2n) is 8.55. The molecule has 0 unspecified atom stereocenters. The summed E-state index contributed by atoms with van der Waals surface area (Å²) < 4.78 is 10.7. The molecule has 6 heteroatoms. The van der Waals surface area contributed by atoms with Gasteiger partial charge in [0.2, 0.25) is 0 Å². The zero-order valence-corrected chi connectivity index (χ0v) is 20.9. The Morgan fingerprint density at radius 3 is 1.26 bits per heavy atom. The number of nitrogens with two attached hydrogens (primary N) is 2. The summed E-state index contributed by atoms with van der Waals surface area (Å²) in [5, 5.41) is 2.92. The van der Waals surface area contributed by atoms with E-state index in [-0.39, 0.29) is 11.3 Å². The number of rotatable bonds is 4. The van der Waals surface area contributed by atoms with Crippen LogP contribution in [0.3, 0.4) is 0 Å². The molecule has 34 heavy (non-hydrogen) atoms. The predicted octanol–water partition coefficient (Wildman–Crippen LogP) is 5.62. The van der Waals surface area contributed by atoms with E-state index in [2.05, 4.69) is 13.8 Å². The van der Waals surface area contributed by atoms with Gasteiger partial charge in [-0.2, -0.15) is 0 Å². The fourth-order valence-electron chi connectivity index (χ4n) is 4.66. The van der Waals surface area contributed by atoms with Gasteiger partial charge in [-0.25, -0.2) is 9.59 Å². The Morgan fingerprint density at radius 1 is 0.618 bits per heavy atom. The van der Waals surface area contributed by atoms with Gasteiger partial charge >= 0.3 is 11.3 Å². The van der Waals surface area contributed by atoms with Crippen LogP contribution in [0.5, 0.6) is 0 Å². The zero-order valence-electron chi connectivity index (χ0n) is 20.9. The Balaban J connectivity index is 0.000000191. The first-order valence-corrected chi connectivity index (χ1v) is 11.9. The highest BCUT2D eigenvalue weighted by Crippen LogP contribution is 2.27. The van der Waals surface area contributed by atoms with Crippen molar-refractivity contribution in [2.75, 3.05) is 11.5 Å². The Morgan fingerprint density at radius 2 is 0.971 bits per heavy atom. The van der Waals surface area contributed by atoms with Gasteiger partial charge in [0.15, 0.2) is 0 Å².